The summed E-state index contributed by atoms with van der Waals surface area (Å²) in [6.07, 6.45) is 24.2. The quantitative estimate of drug-likeness (QED) is 0.137. The van der Waals surface area contributed by atoms with Crippen molar-refractivity contribution in [1.29, 1.82) is 0 Å². The number of rotatable bonds is 16. The van der Waals surface area contributed by atoms with Gasteiger partial charge in [0, 0.05) is 18.3 Å². The zero-order valence-corrected chi connectivity index (χ0v) is 26.4. The molecule has 3 saturated carbocycles. The molecular weight excluding hydrogens is 512 g/mol. The summed E-state index contributed by atoms with van der Waals surface area (Å²) in [4.78, 5) is 37.2. The Morgan fingerprint density at radius 3 is 2.22 bits per heavy atom. The summed E-state index contributed by atoms with van der Waals surface area (Å²) in [7, 11) is 0. The molecule has 0 N–H and O–H groups in total. The van der Waals surface area contributed by atoms with E-state index in [4.69, 9.17) is 9.47 Å². The summed E-state index contributed by atoms with van der Waals surface area (Å²) < 4.78 is 11.5. The molecule has 0 radical (unpaired) electrons. The number of ketones is 1. The largest absolute Gasteiger partial charge is 0.459 e. The van der Waals surface area contributed by atoms with Crippen molar-refractivity contribution in [2.24, 2.45) is 35.0 Å². The van der Waals surface area contributed by atoms with Crippen LogP contribution in [0.4, 0.5) is 0 Å². The molecule has 0 aliphatic heterocycles. The van der Waals surface area contributed by atoms with Crippen molar-refractivity contribution < 1.29 is 23.9 Å². The number of allylic oxidation sites excluding steroid dienone is 1. The molecule has 0 spiro atoms. The number of carbonyl (C=O) groups is 3. The fourth-order valence-electron chi connectivity index (χ4n) is 9.25. The molecule has 3 fully saturated rings. The molecule has 0 aromatic carbocycles. The fourth-order valence-corrected chi connectivity index (χ4v) is 9.25. The van der Waals surface area contributed by atoms with E-state index in [2.05, 4.69) is 20.8 Å². The molecular formula is C36H58O5. The first-order chi connectivity index (χ1) is 19.9. The van der Waals surface area contributed by atoms with E-state index in [0.717, 1.165) is 57.8 Å². The predicted octanol–water partition coefficient (Wildman–Crippen LogP) is 8.92. The summed E-state index contributed by atoms with van der Waals surface area (Å²) in [6.45, 7) is 6.56. The minimum absolute atomic E-state index is 0.0112. The molecule has 4 rings (SSSR count). The fraction of sp³-hybridized carbons (Fsp3) is 0.861. The maximum absolute atomic E-state index is 12.9. The normalized spacial score (nSPS) is 32.5. The standard InChI is InChI=1S/C36H58O5/c1-4-6-7-8-9-10-11-12-13-14-15-16-33(38)40-25-34(39)41-35-26(5-2)24-32-31-19-17-27-23-28(37)18-20-29(27)30(31)21-22-36(32,35)3/h23,26,29-32,35H,4-22,24-25H2,1-3H3/t26-,29-,30+,31+,32-,35-,36-/m0/s1. The van der Waals surface area contributed by atoms with Gasteiger partial charge in [0.15, 0.2) is 12.4 Å². The van der Waals surface area contributed by atoms with Gasteiger partial charge in [-0.1, -0.05) is 90.6 Å². The lowest BCUT2D eigenvalue weighted by Crippen LogP contribution is -2.49. The minimum atomic E-state index is -0.385. The van der Waals surface area contributed by atoms with E-state index in [9.17, 15) is 14.4 Å². The summed E-state index contributed by atoms with van der Waals surface area (Å²) >= 11 is 0. The molecule has 4 aliphatic carbocycles. The van der Waals surface area contributed by atoms with Gasteiger partial charge in [-0.2, -0.15) is 0 Å². The first-order valence-electron chi connectivity index (χ1n) is 17.5. The van der Waals surface area contributed by atoms with Gasteiger partial charge in [-0.25, -0.2) is 4.79 Å². The van der Waals surface area contributed by atoms with Gasteiger partial charge >= 0.3 is 11.9 Å². The van der Waals surface area contributed by atoms with E-state index in [1.165, 1.54) is 63.4 Å². The Bertz CT molecular complexity index is 908. The van der Waals surface area contributed by atoms with E-state index in [-0.39, 0.29) is 30.1 Å². The van der Waals surface area contributed by atoms with Crippen molar-refractivity contribution in [3.8, 4) is 0 Å². The number of fused-ring (bicyclic) bond motifs is 5. The number of esters is 2. The Morgan fingerprint density at radius 1 is 0.854 bits per heavy atom. The molecule has 5 heteroatoms. The average Bonchev–Trinajstić information content (AvgIpc) is 3.25. The van der Waals surface area contributed by atoms with Crippen molar-refractivity contribution in [1.82, 2.24) is 0 Å². The van der Waals surface area contributed by atoms with Crippen molar-refractivity contribution in [3.05, 3.63) is 11.6 Å². The summed E-state index contributed by atoms with van der Waals surface area (Å²) in [5.74, 6) is 2.49. The molecule has 0 amide bonds. The van der Waals surface area contributed by atoms with Crippen LogP contribution >= 0.6 is 0 Å². The van der Waals surface area contributed by atoms with Crippen LogP contribution in [-0.2, 0) is 23.9 Å². The van der Waals surface area contributed by atoms with Crippen molar-refractivity contribution in [2.75, 3.05) is 6.61 Å². The van der Waals surface area contributed by atoms with Crippen LogP contribution in [0.25, 0.3) is 0 Å². The molecule has 0 saturated heterocycles. The number of ether oxygens (including phenoxy) is 2. The van der Waals surface area contributed by atoms with Crippen LogP contribution < -0.4 is 0 Å². The van der Waals surface area contributed by atoms with E-state index in [0.29, 0.717) is 48.2 Å². The lowest BCUT2D eigenvalue weighted by Gasteiger charge is -2.53. The zero-order chi connectivity index (χ0) is 29.2. The molecule has 0 aromatic heterocycles. The number of hydrogen-bond acceptors (Lipinski definition) is 5. The minimum Gasteiger partial charge on any atom is -0.459 e. The Labute approximate surface area is 250 Å². The van der Waals surface area contributed by atoms with Gasteiger partial charge in [-0.05, 0) is 87.0 Å². The highest BCUT2D eigenvalue weighted by Crippen LogP contribution is 2.64. The van der Waals surface area contributed by atoms with E-state index in [1.807, 2.05) is 6.08 Å². The Kier molecular flexibility index (Phi) is 12.4. The van der Waals surface area contributed by atoms with Crippen LogP contribution in [0.5, 0.6) is 0 Å². The molecule has 0 heterocycles. The van der Waals surface area contributed by atoms with Crippen LogP contribution in [0, 0.1) is 35.0 Å². The van der Waals surface area contributed by atoms with Crippen LogP contribution in [0.1, 0.15) is 149 Å². The second-order valence-electron chi connectivity index (χ2n) is 14.1. The number of hydrogen-bond donors (Lipinski definition) is 0. The molecule has 0 unspecified atom stereocenters. The Hall–Kier alpha value is -1.65. The van der Waals surface area contributed by atoms with Gasteiger partial charge in [0.1, 0.15) is 6.10 Å². The number of carbonyl (C=O) groups excluding carboxylic acids is 3. The second kappa shape index (κ2) is 15.7. The SMILES string of the molecule is CCCCCCCCCCCCCC(=O)OCC(=O)O[C@H]1[C@@H](CC)C[C@H]2[C@@H]3CCC4=CC(=O)CC[C@@H]4[C@H]3CC[C@@]21C. The maximum Gasteiger partial charge on any atom is 0.344 e. The van der Waals surface area contributed by atoms with Gasteiger partial charge in [0.25, 0.3) is 0 Å². The molecule has 41 heavy (non-hydrogen) atoms. The summed E-state index contributed by atoms with van der Waals surface area (Å²) in [5.41, 5.74) is 1.40. The molecule has 0 aromatic rings. The summed E-state index contributed by atoms with van der Waals surface area (Å²) in [5, 5.41) is 0. The monoisotopic (exact) mass is 570 g/mol. The third-order valence-corrected chi connectivity index (χ3v) is 11.5. The predicted molar refractivity (Wildman–Crippen MR) is 163 cm³/mol. The smallest absolute Gasteiger partial charge is 0.344 e. The Morgan fingerprint density at radius 2 is 1.54 bits per heavy atom. The van der Waals surface area contributed by atoms with Crippen LogP contribution in [0.2, 0.25) is 0 Å². The molecule has 232 valence electrons. The van der Waals surface area contributed by atoms with Crippen molar-refractivity contribution >= 4 is 17.7 Å². The van der Waals surface area contributed by atoms with E-state index >= 15 is 0 Å². The highest BCUT2D eigenvalue weighted by molar-refractivity contribution is 5.91. The van der Waals surface area contributed by atoms with Crippen molar-refractivity contribution in [3.63, 3.8) is 0 Å². The molecule has 4 aliphatic rings. The third-order valence-electron chi connectivity index (χ3n) is 11.5. The van der Waals surface area contributed by atoms with Gasteiger partial charge in [-0.15, -0.1) is 0 Å². The number of unbranched alkanes of at least 4 members (excludes halogenated alkanes) is 10. The highest BCUT2D eigenvalue weighted by Gasteiger charge is 2.60. The van der Waals surface area contributed by atoms with Gasteiger partial charge in [0.2, 0.25) is 0 Å². The topological polar surface area (TPSA) is 69.7 Å². The average molecular weight is 571 g/mol. The Balaban J connectivity index is 1.16. The van der Waals surface area contributed by atoms with Crippen LogP contribution in [-0.4, -0.2) is 30.4 Å². The van der Waals surface area contributed by atoms with Gasteiger partial charge < -0.3 is 9.47 Å². The molecule has 5 nitrogen and oxygen atoms in total. The van der Waals surface area contributed by atoms with Crippen LogP contribution in [0.3, 0.4) is 0 Å². The van der Waals surface area contributed by atoms with Gasteiger partial charge in [0.05, 0.1) is 0 Å². The first-order valence-corrected chi connectivity index (χ1v) is 17.5. The molecule has 0 bridgehead atoms. The zero-order valence-electron chi connectivity index (χ0n) is 26.4. The maximum atomic E-state index is 12.9. The van der Waals surface area contributed by atoms with E-state index < -0.39 is 0 Å². The summed E-state index contributed by atoms with van der Waals surface area (Å²) in [6, 6.07) is 0. The second-order valence-corrected chi connectivity index (χ2v) is 14.1. The van der Waals surface area contributed by atoms with Gasteiger partial charge in [-0.3, -0.25) is 9.59 Å². The van der Waals surface area contributed by atoms with Crippen molar-refractivity contribution in [2.45, 2.75) is 155 Å². The lowest BCUT2D eigenvalue weighted by molar-refractivity contribution is -0.171. The molecule has 7 atom stereocenters. The van der Waals surface area contributed by atoms with Crippen LogP contribution in [0.15, 0.2) is 11.6 Å². The third kappa shape index (κ3) is 8.25. The first kappa shape index (κ1) is 32.3. The van der Waals surface area contributed by atoms with E-state index in [1.54, 1.807) is 0 Å². The lowest BCUT2D eigenvalue weighted by atomic mass is 9.52. The highest BCUT2D eigenvalue weighted by atomic mass is 16.6.